The Morgan fingerprint density at radius 1 is 0.566 bits per heavy atom. The zero-order chi connectivity index (χ0) is 38.4. The molecule has 0 spiro atoms. The van der Waals surface area contributed by atoms with Gasteiger partial charge in [-0.15, -0.1) is 0 Å². The number of rotatable bonds is 24. The topological polar surface area (TPSA) is 124 Å². The number of aryl methyl sites for hydroxylation is 1. The Morgan fingerprint density at radius 3 is 1.40 bits per heavy atom. The van der Waals surface area contributed by atoms with Crippen LogP contribution in [0.25, 0.3) is 0 Å². The van der Waals surface area contributed by atoms with Gasteiger partial charge in [0.1, 0.15) is 23.0 Å². The molecule has 0 saturated carbocycles. The van der Waals surface area contributed by atoms with Crippen LogP contribution in [0.4, 0.5) is 0 Å². The Morgan fingerprint density at radius 2 is 0.981 bits per heavy atom. The molecule has 53 heavy (non-hydrogen) atoms. The van der Waals surface area contributed by atoms with E-state index in [0.717, 1.165) is 76.4 Å². The molecule has 0 aliphatic carbocycles. The summed E-state index contributed by atoms with van der Waals surface area (Å²) in [6, 6.07) is 17.4. The van der Waals surface area contributed by atoms with Crippen molar-refractivity contribution in [2.45, 2.75) is 110 Å². The van der Waals surface area contributed by atoms with Gasteiger partial charge in [0, 0.05) is 25.0 Å². The smallest absolute Gasteiger partial charge is 0.343 e. The number of hydrogen-bond acceptors (Lipinski definition) is 10. The van der Waals surface area contributed by atoms with Gasteiger partial charge in [0.2, 0.25) is 12.6 Å². The molecule has 0 fully saturated rings. The molecule has 0 radical (unpaired) electrons. The van der Waals surface area contributed by atoms with Crippen LogP contribution >= 0.6 is 0 Å². The Bertz CT molecular complexity index is 1630. The number of unbranched alkanes of at least 4 members (excludes halogenated alkanes) is 8. The summed E-state index contributed by atoms with van der Waals surface area (Å²) in [5, 5.41) is 0. The van der Waals surface area contributed by atoms with E-state index < -0.39 is 36.5 Å². The predicted octanol–water partition coefficient (Wildman–Crippen LogP) is 10.0. The van der Waals surface area contributed by atoms with Gasteiger partial charge in [0.25, 0.3) is 0 Å². The van der Waals surface area contributed by atoms with Crippen LogP contribution in [-0.2, 0) is 19.1 Å². The molecule has 0 heterocycles. The fourth-order valence-corrected chi connectivity index (χ4v) is 5.24. The predicted molar refractivity (Wildman–Crippen MR) is 202 cm³/mol. The summed E-state index contributed by atoms with van der Waals surface area (Å²) >= 11 is 0. The third kappa shape index (κ3) is 15.4. The van der Waals surface area contributed by atoms with Crippen LogP contribution in [0.5, 0.6) is 23.0 Å². The van der Waals surface area contributed by atoms with Crippen molar-refractivity contribution in [1.82, 2.24) is 0 Å². The average molecular weight is 729 g/mol. The van der Waals surface area contributed by atoms with E-state index in [1.165, 1.54) is 6.07 Å². The number of carbonyl (C=O) groups excluding carboxylic acids is 4. The maximum Gasteiger partial charge on any atom is 0.343 e. The third-order valence-corrected chi connectivity index (χ3v) is 8.19. The number of benzene rings is 3. The summed E-state index contributed by atoms with van der Waals surface area (Å²) in [6.45, 7) is 12.9. The van der Waals surface area contributed by atoms with Crippen LogP contribution < -0.4 is 18.9 Å². The van der Waals surface area contributed by atoms with Crippen LogP contribution in [0.15, 0.2) is 92.0 Å². The lowest BCUT2D eigenvalue weighted by atomic mass is 10.1. The molecule has 10 heteroatoms. The van der Waals surface area contributed by atoms with Gasteiger partial charge in [0.15, 0.2) is 0 Å². The molecule has 0 saturated heterocycles. The number of hydrogen-bond donors (Lipinski definition) is 0. The molecule has 3 aromatic rings. The summed E-state index contributed by atoms with van der Waals surface area (Å²) in [5.74, 6) is -0.869. The molecule has 0 aliphatic heterocycles. The highest BCUT2D eigenvalue weighted by atomic mass is 16.7. The molecule has 284 valence electrons. The molecular weight excluding hydrogens is 676 g/mol. The zero-order valence-corrected chi connectivity index (χ0v) is 31.1. The maximum absolute atomic E-state index is 12.9. The van der Waals surface area contributed by atoms with Crippen LogP contribution in [0.2, 0.25) is 0 Å². The molecule has 3 aromatic carbocycles. The second-order valence-corrected chi connectivity index (χ2v) is 12.5. The summed E-state index contributed by atoms with van der Waals surface area (Å²) in [7, 11) is 0. The normalized spacial score (nSPS) is 11.8. The molecule has 0 N–H and O–H groups in total. The van der Waals surface area contributed by atoms with Crippen molar-refractivity contribution >= 4 is 23.9 Å². The van der Waals surface area contributed by atoms with Crippen molar-refractivity contribution in [3.8, 4) is 23.0 Å². The second kappa shape index (κ2) is 23.2. The highest BCUT2D eigenvalue weighted by molar-refractivity contribution is 5.92. The van der Waals surface area contributed by atoms with Crippen molar-refractivity contribution in [1.29, 1.82) is 0 Å². The van der Waals surface area contributed by atoms with E-state index in [1.54, 1.807) is 67.6 Å². The molecule has 10 nitrogen and oxygen atoms in total. The van der Waals surface area contributed by atoms with Crippen molar-refractivity contribution < 1.29 is 47.6 Å². The first-order valence-electron chi connectivity index (χ1n) is 18.4. The maximum atomic E-state index is 12.9. The van der Waals surface area contributed by atoms with E-state index in [0.29, 0.717) is 35.7 Å². The van der Waals surface area contributed by atoms with E-state index in [-0.39, 0.29) is 16.9 Å². The van der Waals surface area contributed by atoms with Crippen molar-refractivity contribution in [2.24, 2.45) is 0 Å². The Hall–Kier alpha value is -5.38. The van der Waals surface area contributed by atoms with Gasteiger partial charge in [0.05, 0.1) is 11.1 Å². The molecule has 0 amide bonds. The van der Waals surface area contributed by atoms with Crippen LogP contribution in [0.1, 0.15) is 117 Å². The minimum absolute atomic E-state index is 0.269. The largest absolute Gasteiger partial charge is 0.455 e. The fourth-order valence-electron chi connectivity index (χ4n) is 5.24. The first-order chi connectivity index (χ1) is 25.6. The highest BCUT2D eigenvalue weighted by Crippen LogP contribution is 2.26. The average Bonchev–Trinajstić information content (AvgIpc) is 3.15. The SMILES string of the molecule is C=CC(=O)OC(CCCCCCC)Oc1ccc(C(=O)Oc2ccc(OC(=O)c3ccc(OC(CCCCCCC)OC(=O)C=C)cc3)c(C)c2)cc1. The Labute approximate surface area is 313 Å². The molecule has 2 atom stereocenters. The van der Waals surface area contributed by atoms with Gasteiger partial charge < -0.3 is 28.4 Å². The third-order valence-electron chi connectivity index (χ3n) is 8.19. The lowest BCUT2D eigenvalue weighted by molar-refractivity contribution is -0.159. The molecule has 0 aliphatic rings. The quantitative estimate of drug-likeness (QED) is 0.0289. The van der Waals surface area contributed by atoms with Gasteiger partial charge in [-0.05, 0) is 92.1 Å². The van der Waals surface area contributed by atoms with E-state index in [9.17, 15) is 19.2 Å². The molecule has 2 unspecified atom stereocenters. The van der Waals surface area contributed by atoms with Gasteiger partial charge in [-0.1, -0.05) is 78.4 Å². The van der Waals surface area contributed by atoms with Gasteiger partial charge in [-0.25, -0.2) is 19.2 Å². The summed E-state index contributed by atoms with van der Waals surface area (Å²) in [4.78, 5) is 49.5. The van der Waals surface area contributed by atoms with E-state index in [2.05, 4.69) is 27.0 Å². The van der Waals surface area contributed by atoms with Crippen molar-refractivity contribution in [3.05, 3.63) is 109 Å². The highest BCUT2D eigenvalue weighted by Gasteiger charge is 2.18. The first-order valence-corrected chi connectivity index (χ1v) is 18.4. The minimum Gasteiger partial charge on any atom is -0.455 e. The van der Waals surface area contributed by atoms with Crippen LogP contribution in [-0.4, -0.2) is 36.5 Å². The number of carbonyl (C=O) groups is 4. The van der Waals surface area contributed by atoms with Gasteiger partial charge in [-0.3, -0.25) is 0 Å². The van der Waals surface area contributed by atoms with Crippen molar-refractivity contribution in [3.63, 3.8) is 0 Å². The summed E-state index contributed by atoms with van der Waals surface area (Å²) in [6.07, 6.45) is 12.2. The fraction of sp³-hybridized carbons (Fsp3) is 0.395. The van der Waals surface area contributed by atoms with Gasteiger partial charge in [-0.2, -0.15) is 0 Å². The lowest BCUT2D eigenvalue weighted by Gasteiger charge is -2.19. The lowest BCUT2D eigenvalue weighted by Crippen LogP contribution is -2.23. The van der Waals surface area contributed by atoms with Gasteiger partial charge >= 0.3 is 23.9 Å². The molecule has 3 rings (SSSR count). The zero-order valence-electron chi connectivity index (χ0n) is 31.1. The van der Waals surface area contributed by atoms with Crippen molar-refractivity contribution in [2.75, 3.05) is 0 Å². The summed E-state index contributed by atoms with van der Waals surface area (Å²) in [5.41, 5.74) is 1.15. The van der Waals surface area contributed by atoms with Crippen LogP contribution in [0, 0.1) is 6.92 Å². The Kier molecular flexibility index (Phi) is 18.4. The van der Waals surface area contributed by atoms with E-state index >= 15 is 0 Å². The summed E-state index contributed by atoms with van der Waals surface area (Å²) < 4.78 is 33.7. The number of esters is 4. The Balaban J connectivity index is 1.55. The van der Waals surface area contributed by atoms with Crippen LogP contribution in [0.3, 0.4) is 0 Å². The second-order valence-electron chi connectivity index (χ2n) is 12.5. The molecule has 0 bridgehead atoms. The first kappa shape index (κ1) is 42.0. The minimum atomic E-state index is -0.772. The van der Waals surface area contributed by atoms with E-state index in [4.69, 9.17) is 28.4 Å². The monoisotopic (exact) mass is 728 g/mol. The molecular formula is C43H52O10. The van der Waals surface area contributed by atoms with E-state index in [1.807, 2.05) is 0 Å². The standard InChI is InChI=1S/C43H52O10/c1-6-10-12-14-16-18-40(52-38(44)8-3)48-34-24-20-32(21-25-34)42(46)50-36-28-29-37(31(5)30-36)51-43(47)33-22-26-35(27-23-33)49-41(53-39(45)9-4)19-17-15-13-11-7-2/h8-9,20-30,40-41H,3-4,6-7,10-19H2,1-2,5H3. The molecule has 0 aromatic heterocycles. The number of ether oxygens (including phenoxy) is 6.